The maximum atomic E-state index is 11.8. The van der Waals surface area contributed by atoms with Gasteiger partial charge in [-0.2, -0.15) is 4.68 Å². The van der Waals surface area contributed by atoms with Gasteiger partial charge < -0.3 is 9.32 Å². The highest BCUT2D eigenvalue weighted by Crippen LogP contribution is 2.17. The number of aromatic nitrogens is 2. The summed E-state index contributed by atoms with van der Waals surface area (Å²) in [5.41, 5.74) is 0.654. The molecule has 1 saturated heterocycles. The molecule has 5 nitrogen and oxygen atoms in total. The molecule has 0 N–H and O–H groups in total. The molecule has 0 saturated carbocycles. The Morgan fingerprint density at radius 2 is 1.79 bits per heavy atom. The van der Waals surface area contributed by atoms with Gasteiger partial charge in [-0.15, -0.1) is 5.10 Å². The van der Waals surface area contributed by atoms with Crippen molar-refractivity contribution in [1.82, 2.24) is 9.78 Å². The van der Waals surface area contributed by atoms with Crippen molar-refractivity contribution < 1.29 is 4.42 Å². The van der Waals surface area contributed by atoms with E-state index in [0.717, 1.165) is 25.9 Å². The van der Waals surface area contributed by atoms with Gasteiger partial charge in [0.05, 0.1) is 5.69 Å². The van der Waals surface area contributed by atoms with Crippen molar-refractivity contribution in [3.8, 4) is 5.69 Å². The van der Waals surface area contributed by atoms with Crippen LogP contribution in [0.15, 0.2) is 33.5 Å². The van der Waals surface area contributed by atoms with Crippen molar-refractivity contribution in [3.63, 3.8) is 0 Å². The molecule has 0 aliphatic carbocycles. The van der Waals surface area contributed by atoms with Gasteiger partial charge in [0.15, 0.2) is 0 Å². The molecule has 100 valence electrons. The minimum absolute atomic E-state index is 0.402. The zero-order chi connectivity index (χ0) is 13.2. The first-order valence-corrected chi connectivity index (χ1v) is 6.73. The normalized spacial score (nSPS) is 15.7. The summed E-state index contributed by atoms with van der Waals surface area (Å²) in [5, 5.41) is 4.88. The first-order valence-electron chi connectivity index (χ1n) is 6.35. The summed E-state index contributed by atoms with van der Waals surface area (Å²) in [5.74, 6) is -0.470. The van der Waals surface area contributed by atoms with E-state index in [1.165, 1.54) is 11.1 Å². The van der Waals surface area contributed by atoms with E-state index in [2.05, 4.69) is 5.10 Å². The molecule has 6 heteroatoms. The molecule has 0 spiro atoms. The lowest BCUT2D eigenvalue weighted by Crippen LogP contribution is -2.29. The number of anilines is 1. The summed E-state index contributed by atoms with van der Waals surface area (Å²) in [4.78, 5) is 13.9. The Balaban J connectivity index is 1.92. The molecule has 3 rings (SSSR count). The van der Waals surface area contributed by atoms with Crippen LogP contribution in [-0.4, -0.2) is 22.9 Å². The number of nitrogens with zero attached hydrogens (tertiary/aromatic N) is 3. The number of benzene rings is 1. The molecule has 2 aromatic rings. The Hall–Kier alpha value is -1.75. The van der Waals surface area contributed by atoms with Crippen LogP contribution >= 0.6 is 11.6 Å². The number of piperidine rings is 1. The maximum absolute atomic E-state index is 11.8. The largest absolute Gasteiger partial charge is 0.443 e. The van der Waals surface area contributed by atoms with E-state index in [4.69, 9.17) is 16.0 Å². The topological polar surface area (TPSA) is 51.3 Å². The number of halogens is 1. The van der Waals surface area contributed by atoms with E-state index in [0.29, 0.717) is 16.7 Å². The van der Waals surface area contributed by atoms with Gasteiger partial charge in [-0.05, 0) is 43.5 Å². The highest BCUT2D eigenvalue weighted by atomic mass is 35.5. The first-order chi connectivity index (χ1) is 9.24. The molecule has 0 amide bonds. The Bertz CT molecular complexity index is 612. The van der Waals surface area contributed by atoms with Crippen LogP contribution in [0.5, 0.6) is 0 Å². The summed E-state index contributed by atoms with van der Waals surface area (Å²) >= 11 is 5.83. The molecule has 0 unspecified atom stereocenters. The van der Waals surface area contributed by atoms with Crippen molar-refractivity contribution in [3.05, 3.63) is 39.8 Å². The minimum Gasteiger partial charge on any atom is -0.373 e. The standard InChI is InChI=1S/C13H14ClN3O2/c14-10-4-6-11(7-5-10)17-13(18)19-12(15-17)16-8-2-1-3-9-16/h4-7H,1-3,8-9H2. The molecule has 1 aliphatic heterocycles. The molecule has 2 heterocycles. The Labute approximate surface area is 115 Å². The zero-order valence-corrected chi connectivity index (χ0v) is 11.1. The van der Waals surface area contributed by atoms with Crippen LogP contribution in [0.1, 0.15) is 19.3 Å². The van der Waals surface area contributed by atoms with Gasteiger partial charge in [0, 0.05) is 18.1 Å². The van der Waals surface area contributed by atoms with Crippen molar-refractivity contribution in [2.24, 2.45) is 0 Å². The highest BCUT2D eigenvalue weighted by Gasteiger charge is 2.18. The fourth-order valence-corrected chi connectivity index (χ4v) is 2.35. The Kier molecular flexibility index (Phi) is 3.29. The lowest BCUT2D eigenvalue weighted by Gasteiger charge is -2.23. The zero-order valence-electron chi connectivity index (χ0n) is 10.4. The maximum Gasteiger partial charge on any atom is 0.443 e. The smallest absolute Gasteiger partial charge is 0.373 e. The van der Waals surface area contributed by atoms with Gasteiger partial charge in [0.25, 0.3) is 0 Å². The monoisotopic (exact) mass is 279 g/mol. The molecular weight excluding hydrogens is 266 g/mol. The van der Waals surface area contributed by atoms with Crippen LogP contribution in [0.4, 0.5) is 6.01 Å². The summed E-state index contributed by atoms with van der Waals surface area (Å²) in [6, 6.07) is 7.33. The van der Waals surface area contributed by atoms with Gasteiger partial charge in [0.2, 0.25) is 0 Å². The lowest BCUT2D eigenvalue weighted by atomic mass is 10.1. The fourth-order valence-electron chi connectivity index (χ4n) is 2.23. The summed E-state index contributed by atoms with van der Waals surface area (Å²) in [7, 11) is 0. The predicted molar refractivity (Wildman–Crippen MR) is 73.2 cm³/mol. The van der Waals surface area contributed by atoms with Gasteiger partial charge in [-0.3, -0.25) is 0 Å². The van der Waals surface area contributed by atoms with E-state index < -0.39 is 5.76 Å². The van der Waals surface area contributed by atoms with Crippen LogP contribution in [0.25, 0.3) is 5.69 Å². The van der Waals surface area contributed by atoms with Crippen molar-refractivity contribution in [1.29, 1.82) is 0 Å². The van der Waals surface area contributed by atoms with Gasteiger partial charge >= 0.3 is 11.8 Å². The third-order valence-electron chi connectivity index (χ3n) is 3.23. The molecule has 1 fully saturated rings. The third kappa shape index (κ3) is 2.51. The second-order valence-electron chi connectivity index (χ2n) is 4.59. The number of rotatable bonds is 2. The fraction of sp³-hybridized carbons (Fsp3) is 0.385. The van der Waals surface area contributed by atoms with Crippen LogP contribution in [0, 0.1) is 0 Å². The van der Waals surface area contributed by atoms with Crippen LogP contribution < -0.4 is 10.7 Å². The van der Waals surface area contributed by atoms with Crippen molar-refractivity contribution in [2.75, 3.05) is 18.0 Å². The first kappa shape index (κ1) is 12.3. The average molecular weight is 280 g/mol. The molecule has 0 bridgehead atoms. The average Bonchev–Trinajstić information content (AvgIpc) is 2.83. The van der Waals surface area contributed by atoms with Gasteiger partial charge in [-0.25, -0.2) is 4.79 Å². The Morgan fingerprint density at radius 1 is 1.11 bits per heavy atom. The van der Waals surface area contributed by atoms with Gasteiger partial charge in [0.1, 0.15) is 0 Å². The van der Waals surface area contributed by atoms with Gasteiger partial charge in [-0.1, -0.05) is 11.6 Å². The van der Waals surface area contributed by atoms with Crippen LogP contribution in [0.2, 0.25) is 5.02 Å². The van der Waals surface area contributed by atoms with E-state index in [1.54, 1.807) is 24.3 Å². The van der Waals surface area contributed by atoms with Crippen molar-refractivity contribution in [2.45, 2.75) is 19.3 Å². The molecule has 1 aliphatic rings. The van der Waals surface area contributed by atoms with E-state index in [1.807, 2.05) is 4.90 Å². The predicted octanol–water partition coefficient (Wildman–Crippen LogP) is 2.47. The minimum atomic E-state index is -0.470. The van der Waals surface area contributed by atoms with Crippen molar-refractivity contribution >= 4 is 17.6 Å². The second kappa shape index (κ2) is 5.09. The molecule has 0 radical (unpaired) electrons. The third-order valence-corrected chi connectivity index (χ3v) is 3.49. The molecule has 1 aromatic heterocycles. The van der Waals surface area contributed by atoms with Crippen LogP contribution in [0.3, 0.4) is 0 Å². The molecule has 1 aromatic carbocycles. The van der Waals surface area contributed by atoms with E-state index in [9.17, 15) is 4.79 Å². The number of hydrogen-bond acceptors (Lipinski definition) is 4. The van der Waals surface area contributed by atoms with E-state index in [-0.39, 0.29) is 0 Å². The molecule has 0 atom stereocenters. The SMILES string of the molecule is O=c1oc(N2CCCCC2)nn1-c1ccc(Cl)cc1. The summed E-state index contributed by atoms with van der Waals surface area (Å²) < 4.78 is 6.49. The summed E-state index contributed by atoms with van der Waals surface area (Å²) in [6.07, 6.45) is 3.44. The second-order valence-corrected chi connectivity index (χ2v) is 5.02. The number of hydrogen-bond donors (Lipinski definition) is 0. The van der Waals surface area contributed by atoms with E-state index >= 15 is 0 Å². The molecular formula is C13H14ClN3O2. The summed E-state index contributed by atoms with van der Waals surface area (Å²) in [6.45, 7) is 1.78. The van der Waals surface area contributed by atoms with Crippen LogP contribution in [-0.2, 0) is 0 Å². The lowest BCUT2D eigenvalue weighted by molar-refractivity contribution is 0.467. The Morgan fingerprint density at radius 3 is 2.47 bits per heavy atom. The highest BCUT2D eigenvalue weighted by molar-refractivity contribution is 6.30. The quantitative estimate of drug-likeness (QED) is 0.847. The molecule has 19 heavy (non-hydrogen) atoms.